The van der Waals surface area contributed by atoms with E-state index in [1.165, 1.54) is 5.57 Å². The Morgan fingerprint density at radius 2 is 1.86 bits per heavy atom. The van der Waals surface area contributed by atoms with E-state index in [4.69, 9.17) is 0 Å². The first kappa shape index (κ1) is 18.4. The van der Waals surface area contributed by atoms with E-state index in [1.807, 2.05) is 6.92 Å². The maximum absolute atomic E-state index is 10.9. The zero-order valence-corrected chi connectivity index (χ0v) is 14.3. The van der Waals surface area contributed by atoms with Crippen molar-refractivity contribution < 1.29 is 15.0 Å². The predicted molar refractivity (Wildman–Crippen MR) is 86.0 cm³/mol. The van der Waals surface area contributed by atoms with Crippen LogP contribution in [0.1, 0.15) is 73.1 Å². The van der Waals surface area contributed by atoms with Crippen LogP contribution >= 0.6 is 0 Å². The lowest BCUT2D eigenvalue weighted by atomic mass is 9.59. The summed E-state index contributed by atoms with van der Waals surface area (Å²) in [6, 6.07) is 0. The zero-order valence-electron chi connectivity index (χ0n) is 14.3. The lowest BCUT2D eigenvalue weighted by Gasteiger charge is -2.51. The van der Waals surface area contributed by atoms with Crippen LogP contribution in [0.2, 0.25) is 0 Å². The molecule has 21 heavy (non-hydrogen) atoms. The third kappa shape index (κ3) is 4.93. The van der Waals surface area contributed by atoms with Crippen LogP contribution in [0.5, 0.6) is 0 Å². The van der Waals surface area contributed by atoms with Crippen LogP contribution in [-0.2, 0) is 4.79 Å². The van der Waals surface area contributed by atoms with Gasteiger partial charge in [-0.15, -0.1) is 0 Å². The molecule has 3 atom stereocenters. The van der Waals surface area contributed by atoms with Crippen molar-refractivity contribution in [3.8, 4) is 0 Å². The second-order valence-corrected chi connectivity index (χ2v) is 7.62. The predicted octanol–water partition coefficient (Wildman–Crippen LogP) is 3.63. The number of Topliss-reactive ketones (excluding diaryl/α,β-unsaturated/α-hetero) is 1. The minimum Gasteiger partial charge on any atom is -0.393 e. The van der Waals surface area contributed by atoms with Crippen molar-refractivity contribution in [1.82, 2.24) is 0 Å². The van der Waals surface area contributed by atoms with Crippen LogP contribution in [0.4, 0.5) is 0 Å². The van der Waals surface area contributed by atoms with Gasteiger partial charge in [0.25, 0.3) is 0 Å². The van der Waals surface area contributed by atoms with Crippen molar-refractivity contribution in [2.45, 2.75) is 84.8 Å². The third-order valence-electron chi connectivity index (χ3n) is 5.25. The van der Waals surface area contributed by atoms with Gasteiger partial charge in [0.15, 0.2) is 0 Å². The number of carbonyl (C=O) groups is 1. The van der Waals surface area contributed by atoms with Gasteiger partial charge in [0.05, 0.1) is 11.7 Å². The Hall–Kier alpha value is -0.670. The van der Waals surface area contributed by atoms with Gasteiger partial charge in [-0.1, -0.05) is 25.5 Å². The van der Waals surface area contributed by atoms with Crippen LogP contribution in [-0.4, -0.2) is 27.7 Å². The van der Waals surface area contributed by atoms with E-state index >= 15 is 0 Å². The van der Waals surface area contributed by atoms with Gasteiger partial charge in [0, 0.05) is 6.42 Å². The fourth-order valence-electron chi connectivity index (χ4n) is 3.69. The molecule has 0 aromatic rings. The lowest BCUT2D eigenvalue weighted by molar-refractivity contribution is -0.145. The smallest absolute Gasteiger partial charge is 0.130 e. The average molecular weight is 296 g/mol. The van der Waals surface area contributed by atoms with Crippen LogP contribution in [0.25, 0.3) is 0 Å². The molecule has 1 saturated carbocycles. The molecule has 0 heterocycles. The normalized spacial score (nSPS) is 33.0. The molecule has 0 aromatic carbocycles. The fraction of sp³-hybridized carbons (Fsp3) is 0.833. The first-order valence-corrected chi connectivity index (χ1v) is 8.13. The number of allylic oxidation sites excluding steroid dienone is 2. The van der Waals surface area contributed by atoms with Gasteiger partial charge in [-0.2, -0.15) is 0 Å². The quantitative estimate of drug-likeness (QED) is 0.736. The second kappa shape index (κ2) is 7.06. The number of aliphatic hydroxyl groups excluding tert-OH is 1. The van der Waals surface area contributed by atoms with Crippen LogP contribution in [0.15, 0.2) is 11.6 Å². The van der Waals surface area contributed by atoms with E-state index in [0.29, 0.717) is 19.3 Å². The topological polar surface area (TPSA) is 57.5 Å². The van der Waals surface area contributed by atoms with Crippen molar-refractivity contribution in [3.63, 3.8) is 0 Å². The van der Waals surface area contributed by atoms with Crippen molar-refractivity contribution >= 4 is 5.78 Å². The Bertz CT molecular complexity index is 393. The molecular formula is C18H32O3. The summed E-state index contributed by atoms with van der Waals surface area (Å²) >= 11 is 0. The minimum absolute atomic E-state index is 0.0879. The molecule has 0 amide bonds. The van der Waals surface area contributed by atoms with Crippen LogP contribution < -0.4 is 0 Å². The maximum atomic E-state index is 10.9. The van der Waals surface area contributed by atoms with Crippen molar-refractivity contribution in [3.05, 3.63) is 11.6 Å². The largest absolute Gasteiger partial charge is 0.393 e. The number of hydrogen-bond acceptors (Lipinski definition) is 3. The maximum Gasteiger partial charge on any atom is 0.130 e. The molecule has 2 N–H and O–H groups in total. The zero-order chi connectivity index (χ0) is 16.3. The molecule has 0 saturated heterocycles. The Morgan fingerprint density at radius 1 is 1.24 bits per heavy atom. The average Bonchev–Trinajstić information content (AvgIpc) is 2.33. The lowest BCUT2D eigenvalue weighted by Crippen LogP contribution is -2.53. The van der Waals surface area contributed by atoms with E-state index in [1.54, 1.807) is 6.92 Å². The highest BCUT2D eigenvalue weighted by atomic mass is 16.3. The fourth-order valence-corrected chi connectivity index (χ4v) is 3.69. The van der Waals surface area contributed by atoms with Crippen LogP contribution in [0, 0.1) is 11.3 Å². The molecule has 0 radical (unpaired) electrons. The van der Waals surface area contributed by atoms with Crippen molar-refractivity contribution in [2.24, 2.45) is 11.3 Å². The van der Waals surface area contributed by atoms with Gasteiger partial charge < -0.3 is 15.0 Å². The summed E-state index contributed by atoms with van der Waals surface area (Å²) in [5.41, 5.74) is 0.298. The van der Waals surface area contributed by atoms with E-state index in [0.717, 1.165) is 19.3 Å². The van der Waals surface area contributed by atoms with Gasteiger partial charge in [-0.05, 0) is 64.2 Å². The van der Waals surface area contributed by atoms with Gasteiger partial charge in [0.1, 0.15) is 5.78 Å². The SMILES string of the molecule is CC(=O)CCC=C(C)CC[C@H]1C(C)(C)[C@@H](O)CC[C@]1(C)O. The summed E-state index contributed by atoms with van der Waals surface area (Å²) < 4.78 is 0. The van der Waals surface area contributed by atoms with E-state index in [2.05, 4.69) is 26.8 Å². The van der Waals surface area contributed by atoms with Gasteiger partial charge in [-0.25, -0.2) is 0 Å². The summed E-state index contributed by atoms with van der Waals surface area (Å²) in [4.78, 5) is 10.9. The van der Waals surface area contributed by atoms with Gasteiger partial charge in [-0.3, -0.25) is 0 Å². The number of ketones is 1. The number of aliphatic hydroxyl groups is 2. The molecule has 0 unspecified atom stereocenters. The molecule has 122 valence electrons. The first-order valence-electron chi connectivity index (χ1n) is 8.13. The molecule has 0 aromatic heterocycles. The highest BCUT2D eigenvalue weighted by Crippen LogP contribution is 2.48. The summed E-state index contributed by atoms with van der Waals surface area (Å²) in [5, 5.41) is 20.9. The standard InChI is InChI=1S/C18H32O3/c1-13(7-6-8-14(2)19)9-10-15-17(3,4)16(20)11-12-18(15,5)21/h7,15-16,20-21H,6,8-12H2,1-5H3/t15-,16-,18-/m0/s1. The first-order chi connectivity index (χ1) is 9.57. The molecule has 0 bridgehead atoms. The monoisotopic (exact) mass is 296 g/mol. The highest BCUT2D eigenvalue weighted by molar-refractivity contribution is 5.75. The molecular weight excluding hydrogens is 264 g/mol. The molecule has 0 spiro atoms. The Balaban J connectivity index is 2.64. The van der Waals surface area contributed by atoms with Crippen molar-refractivity contribution in [2.75, 3.05) is 0 Å². The molecule has 1 aliphatic carbocycles. The van der Waals surface area contributed by atoms with E-state index in [-0.39, 0.29) is 23.2 Å². The molecule has 3 nitrogen and oxygen atoms in total. The molecule has 3 heteroatoms. The second-order valence-electron chi connectivity index (χ2n) is 7.62. The Labute approximate surface area is 129 Å². The summed E-state index contributed by atoms with van der Waals surface area (Å²) in [6.07, 6.45) is 6.30. The summed E-state index contributed by atoms with van der Waals surface area (Å²) in [5.74, 6) is 0.309. The van der Waals surface area contributed by atoms with E-state index in [9.17, 15) is 15.0 Å². The molecule has 1 rings (SSSR count). The molecule has 1 aliphatic rings. The Morgan fingerprint density at radius 3 is 2.43 bits per heavy atom. The highest BCUT2D eigenvalue weighted by Gasteiger charge is 2.49. The Kier molecular flexibility index (Phi) is 6.18. The molecule has 0 aliphatic heterocycles. The number of hydrogen-bond donors (Lipinski definition) is 2. The summed E-state index contributed by atoms with van der Waals surface area (Å²) in [7, 11) is 0. The minimum atomic E-state index is -0.706. The van der Waals surface area contributed by atoms with Gasteiger partial charge >= 0.3 is 0 Å². The molecule has 1 fully saturated rings. The van der Waals surface area contributed by atoms with E-state index < -0.39 is 5.60 Å². The van der Waals surface area contributed by atoms with Crippen LogP contribution in [0.3, 0.4) is 0 Å². The summed E-state index contributed by atoms with van der Waals surface area (Å²) in [6.45, 7) is 9.73. The van der Waals surface area contributed by atoms with Crippen molar-refractivity contribution in [1.29, 1.82) is 0 Å². The number of carbonyl (C=O) groups excluding carboxylic acids is 1. The number of rotatable bonds is 6. The third-order valence-corrected chi connectivity index (χ3v) is 5.25. The van der Waals surface area contributed by atoms with Gasteiger partial charge in [0.2, 0.25) is 0 Å².